The van der Waals surface area contributed by atoms with Gasteiger partial charge in [-0.2, -0.15) is 0 Å². The van der Waals surface area contributed by atoms with Gasteiger partial charge in [0.15, 0.2) is 0 Å². The maximum Gasteiger partial charge on any atom is 0.337 e. The number of hydrogen-bond acceptors (Lipinski definition) is 4. The van der Waals surface area contributed by atoms with Crippen LogP contribution in [0.2, 0.25) is 0 Å². The predicted octanol–water partition coefficient (Wildman–Crippen LogP) is 7.18. The molecule has 4 aromatic carbocycles. The molecule has 5 heteroatoms. The van der Waals surface area contributed by atoms with E-state index in [1.54, 1.807) is 6.07 Å². The van der Waals surface area contributed by atoms with Gasteiger partial charge in [0.25, 0.3) is 0 Å². The number of halogens is 1. The Morgan fingerprint density at radius 3 is 2.51 bits per heavy atom. The lowest BCUT2D eigenvalue weighted by Crippen LogP contribution is -2.28. The zero-order valence-corrected chi connectivity index (χ0v) is 21.2. The third-order valence-electron chi connectivity index (χ3n) is 7.35. The van der Waals surface area contributed by atoms with Crippen molar-refractivity contribution in [3.8, 4) is 5.75 Å². The highest BCUT2D eigenvalue weighted by Gasteiger charge is 2.29. The van der Waals surface area contributed by atoms with Crippen molar-refractivity contribution in [1.29, 1.82) is 0 Å². The molecule has 5 rings (SSSR count). The zero-order valence-electron chi connectivity index (χ0n) is 21.2. The molecule has 0 amide bonds. The number of carbonyl (C=O) groups is 1. The summed E-state index contributed by atoms with van der Waals surface area (Å²) in [4.78, 5) is 11.9. The zero-order chi connectivity index (χ0) is 25.8. The van der Waals surface area contributed by atoms with Gasteiger partial charge in [0, 0.05) is 22.9 Å². The molecule has 1 aliphatic rings. The van der Waals surface area contributed by atoms with Crippen molar-refractivity contribution in [3.63, 3.8) is 0 Å². The summed E-state index contributed by atoms with van der Waals surface area (Å²) in [6.07, 6.45) is 2.87. The lowest BCUT2D eigenvalue weighted by molar-refractivity contribution is 0.0600. The van der Waals surface area contributed by atoms with Crippen molar-refractivity contribution >= 4 is 16.7 Å². The molecule has 0 aromatic heterocycles. The Hall–Kier alpha value is -3.70. The summed E-state index contributed by atoms with van der Waals surface area (Å²) in [5, 5.41) is 5.23. The van der Waals surface area contributed by atoms with Gasteiger partial charge in [-0.05, 0) is 73.5 Å². The standard InChI is InChI=1S/C32H32FNO3/c1-21(25-17-18-30(33)27-10-4-3-9-26(25)27)34-19-7-8-24-20-29(28-11-5-6-12-31(28)37-24)22-13-15-23(16-14-22)32(35)36-2/h3-6,9-18,21,24,29,34H,7-8,19-20H2,1-2H3/t21-,24?,29?/m1/s1. The van der Waals surface area contributed by atoms with Crippen molar-refractivity contribution in [3.05, 3.63) is 113 Å². The number of ether oxygens (including phenoxy) is 2. The van der Waals surface area contributed by atoms with Gasteiger partial charge in [-0.15, -0.1) is 0 Å². The van der Waals surface area contributed by atoms with E-state index in [0.29, 0.717) is 10.9 Å². The summed E-state index contributed by atoms with van der Waals surface area (Å²) in [5.41, 5.74) is 4.01. The average Bonchev–Trinajstić information content (AvgIpc) is 2.95. The first-order chi connectivity index (χ1) is 18.0. The smallest absolute Gasteiger partial charge is 0.337 e. The van der Waals surface area contributed by atoms with E-state index in [2.05, 4.69) is 18.3 Å². The highest BCUT2D eigenvalue weighted by Crippen LogP contribution is 2.41. The van der Waals surface area contributed by atoms with Crippen LogP contribution in [0.4, 0.5) is 4.39 Å². The lowest BCUT2D eigenvalue weighted by Gasteiger charge is -2.33. The van der Waals surface area contributed by atoms with Gasteiger partial charge in [0.2, 0.25) is 0 Å². The molecule has 0 aliphatic carbocycles. The maximum absolute atomic E-state index is 14.2. The molecular formula is C32H32FNO3. The minimum absolute atomic E-state index is 0.101. The van der Waals surface area contributed by atoms with Crippen molar-refractivity contribution < 1.29 is 18.7 Å². The molecule has 3 atom stereocenters. The van der Waals surface area contributed by atoms with Crippen LogP contribution in [0.3, 0.4) is 0 Å². The van der Waals surface area contributed by atoms with Gasteiger partial charge >= 0.3 is 5.97 Å². The van der Waals surface area contributed by atoms with E-state index in [1.165, 1.54) is 18.2 Å². The fourth-order valence-corrected chi connectivity index (χ4v) is 5.38. The highest BCUT2D eigenvalue weighted by atomic mass is 19.1. The Bertz CT molecular complexity index is 1380. The second kappa shape index (κ2) is 11.1. The summed E-state index contributed by atoms with van der Waals surface area (Å²) in [7, 11) is 1.40. The molecule has 0 saturated heterocycles. The number of benzene rings is 4. The van der Waals surface area contributed by atoms with Gasteiger partial charge in [0.05, 0.1) is 18.8 Å². The van der Waals surface area contributed by atoms with Crippen LogP contribution in [-0.2, 0) is 4.74 Å². The third-order valence-corrected chi connectivity index (χ3v) is 7.35. The number of para-hydroxylation sites is 1. The van der Waals surface area contributed by atoms with E-state index in [9.17, 15) is 9.18 Å². The van der Waals surface area contributed by atoms with E-state index in [-0.39, 0.29) is 29.9 Å². The summed E-state index contributed by atoms with van der Waals surface area (Å²) in [6.45, 7) is 2.97. The third kappa shape index (κ3) is 5.37. The van der Waals surface area contributed by atoms with Crippen LogP contribution in [-0.4, -0.2) is 25.7 Å². The quantitative estimate of drug-likeness (QED) is 0.207. The lowest BCUT2D eigenvalue weighted by atomic mass is 9.83. The van der Waals surface area contributed by atoms with E-state index in [1.807, 2.05) is 72.8 Å². The van der Waals surface area contributed by atoms with E-state index < -0.39 is 0 Å². The molecule has 4 aromatic rings. The second-order valence-corrected chi connectivity index (χ2v) is 9.68. The Morgan fingerprint density at radius 2 is 1.73 bits per heavy atom. The first kappa shape index (κ1) is 25.0. The Labute approximate surface area is 217 Å². The van der Waals surface area contributed by atoms with Crippen LogP contribution in [0.1, 0.15) is 65.2 Å². The molecular weight excluding hydrogens is 465 g/mol. The molecule has 4 nitrogen and oxygen atoms in total. The topological polar surface area (TPSA) is 47.6 Å². The molecule has 1 aliphatic heterocycles. The summed E-state index contributed by atoms with van der Waals surface area (Å²) in [6, 6.07) is 27.1. The Kier molecular flexibility index (Phi) is 7.52. The number of nitrogens with one attached hydrogen (secondary N) is 1. The van der Waals surface area contributed by atoms with E-state index in [4.69, 9.17) is 9.47 Å². The largest absolute Gasteiger partial charge is 0.490 e. The van der Waals surface area contributed by atoms with Crippen LogP contribution in [0.15, 0.2) is 84.9 Å². The Balaban J connectivity index is 1.23. The number of esters is 1. The fourth-order valence-electron chi connectivity index (χ4n) is 5.38. The maximum atomic E-state index is 14.2. The molecule has 2 unspecified atom stereocenters. The average molecular weight is 498 g/mol. The summed E-state index contributed by atoms with van der Waals surface area (Å²) < 4.78 is 25.4. The van der Waals surface area contributed by atoms with Gasteiger partial charge in [-0.1, -0.05) is 60.7 Å². The summed E-state index contributed by atoms with van der Waals surface area (Å²) >= 11 is 0. The minimum Gasteiger partial charge on any atom is -0.490 e. The van der Waals surface area contributed by atoms with Gasteiger partial charge in [-0.3, -0.25) is 0 Å². The van der Waals surface area contributed by atoms with Crippen LogP contribution in [0.5, 0.6) is 5.75 Å². The number of fused-ring (bicyclic) bond motifs is 2. The first-order valence-electron chi connectivity index (χ1n) is 12.9. The van der Waals surface area contributed by atoms with Crippen LogP contribution in [0.25, 0.3) is 10.8 Å². The molecule has 0 spiro atoms. The monoisotopic (exact) mass is 497 g/mol. The fraction of sp³-hybridized carbons (Fsp3) is 0.281. The van der Waals surface area contributed by atoms with E-state index >= 15 is 0 Å². The van der Waals surface area contributed by atoms with Crippen molar-refractivity contribution in [1.82, 2.24) is 5.32 Å². The number of hydrogen-bond donors (Lipinski definition) is 1. The predicted molar refractivity (Wildman–Crippen MR) is 145 cm³/mol. The molecule has 0 radical (unpaired) electrons. The number of carbonyl (C=O) groups excluding carboxylic acids is 1. The summed E-state index contributed by atoms with van der Waals surface area (Å²) in [5.74, 6) is 0.627. The number of rotatable bonds is 8. The van der Waals surface area contributed by atoms with Gasteiger partial charge in [-0.25, -0.2) is 9.18 Å². The van der Waals surface area contributed by atoms with Crippen molar-refractivity contribution in [2.75, 3.05) is 13.7 Å². The SMILES string of the molecule is COC(=O)c1ccc(C2CC(CCCN[C@H](C)c3ccc(F)c4ccccc34)Oc3ccccc32)cc1. The molecule has 37 heavy (non-hydrogen) atoms. The van der Waals surface area contributed by atoms with Crippen molar-refractivity contribution in [2.24, 2.45) is 0 Å². The first-order valence-corrected chi connectivity index (χ1v) is 12.9. The molecule has 1 heterocycles. The van der Waals surface area contributed by atoms with Gasteiger partial charge in [0.1, 0.15) is 11.6 Å². The molecule has 0 bridgehead atoms. The van der Waals surface area contributed by atoms with E-state index in [0.717, 1.165) is 42.5 Å². The Morgan fingerprint density at radius 1 is 1.00 bits per heavy atom. The van der Waals surface area contributed by atoms with Crippen LogP contribution < -0.4 is 10.1 Å². The molecule has 1 N–H and O–H groups in total. The minimum atomic E-state index is -0.327. The van der Waals surface area contributed by atoms with Crippen LogP contribution >= 0.6 is 0 Å². The molecule has 0 saturated carbocycles. The number of methoxy groups -OCH3 is 1. The van der Waals surface area contributed by atoms with Crippen molar-refractivity contribution in [2.45, 2.75) is 44.2 Å². The van der Waals surface area contributed by atoms with Crippen LogP contribution in [0, 0.1) is 5.82 Å². The highest BCUT2D eigenvalue weighted by molar-refractivity contribution is 5.89. The second-order valence-electron chi connectivity index (χ2n) is 9.68. The molecule has 190 valence electrons. The molecule has 0 fully saturated rings. The van der Waals surface area contributed by atoms with Gasteiger partial charge < -0.3 is 14.8 Å². The normalized spacial score (nSPS) is 17.6.